The summed E-state index contributed by atoms with van der Waals surface area (Å²) in [5, 5.41) is 0. The van der Waals surface area contributed by atoms with Crippen molar-refractivity contribution in [2.45, 2.75) is 86.5 Å². The first-order valence-electron chi connectivity index (χ1n) is 17.4. The molecule has 0 heterocycles. The number of aryl methyl sites for hydroxylation is 3. The Morgan fingerprint density at radius 3 is 1.11 bits per heavy atom. The van der Waals surface area contributed by atoms with Crippen LogP contribution < -0.4 is 0 Å². The first-order chi connectivity index (χ1) is 22.6. The molecule has 0 bridgehead atoms. The molecular formula is C47H54. The van der Waals surface area contributed by atoms with Crippen LogP contribution in [-0.2, 0) is 18.3 Å². The lowest BCUT2D eigenvalue weighted by Crippen LogP contribution is -2.10. The van der Waals surface area contributed by atoms with Gasteiger partial charge in [0.2, 0.25) is 0 Å². The van der Waals surface area contributed by atoms with Gasteiger partial charge in [0.15, 0.2) is 0 Å². The van der Waals surface area contributed by atoms with E-state index in [0.717, 1.165) is 12.8 Å². The number of hydrogen-bond acceptors (Lipinski definition) is 0. The fourth-order valence-corrected chi connectivity index (χ4v) is 5.52. The third-order valence-electron chi connectivity index (χ3n) is 8.79. The van der Waals surface area contributed by atoms with E-state index in [-0.39, 0.29) is 5.41 Å². The lowest BCUT2D eigenvalue weighted by molar-refractivity contribution is 0.590. The van der Waals surface area contributed by atoms with Gasteiger partial charge in [0, 0.05) is 0 Å². The van der Waals surface area contributed by atoms with E-state index in [2.05, 4.69) is 189 Å². The van der Waals surface area contributed by atoms with Gasteiger partial charge in [-0.25, -0.2) is 0 Å². The van der Waals surface area contributed by atoms with Crippen LogP contribution in [0.2, 0.25) is 0 Å². The van der Waals surface area contributed by atoms with Gasteiger partial charge in [-0.15, -0.1) is 0 Å². The van der Waals surface area contributed by atoms with Crippen LogP contribution in [0.4, 0.5) is 0 Å². The molecule has 0 N–H and O–H groups in total. The molecule has 0 saturated carbocycles. The highest BCUT2D eigenvalue weighted by Gasteiger charge is 2.14. The molecule has 0 spiro atoms. The summed E-state index contributed by atoms with van der Waals surface area (Å²) in [5.74, 6) is 0. The number of unbranched alkanes of at least 4 members (excludes halogenated alkanes) is 1. The Morgan fingerprint density at radius 1 is 0.447 bits per heavy atom. The minimum absolute atomic E-state index is 0.285. The van der Waals surface area contributed by atoms with Gasteiger partial charge in [0.05, 0.1) is 0 Å². The van der Waals surface area contributed by atoms with Crippen LogP contribution in [-0.4, -0.2) is 0 Å². The van der Waals surface area contributed by atoms with E-state index in [1.165, 1.54) is 79.6 Å². The summed E-state index contributed by atoms with van der Waals surface area (Å²) in [4.78, 5) is 0. The van der Waals surface area contributed by atoms with E-state index in [4.69, 9.17) is 0 Å². The van der Waals surface area contributed by atoms with Crippen LogP contribution in [0.25, 0.3) is 23.3 Å². The van der Waals surface area contributed by atoms with Crippen molar-refractivity contribution in [3.63, 3.8) is 0 Å². The maximum absolute atomic E-state index is 2.31. The first-order valence-corrected chi connectivity index (χ1v) is 17.4. The normalized spacial score (nSPS) is 12.5. The Hall–Kier alpha value is -4.42. The summed E-state index contributed by atoms with van der Waals surface area (Å²) < 4.78 is 0. The van der Waals surface area contributed by atoms with E-state index in [1.54, 1.807) is 0 Å². The predicted molar refractivity (Wildman–Crippen MR) is 209 cm³/mol. The van der Waals surface area contributed by atoms with E-state index in [9.17, 15) is 0 Å². The summed E-state index contributed by atoms with van der Waals surface area (Å²) in [5.41, 5.74) is 16.9. The average Bonchev–Trinajstić information content (AvgIpc) is 3.71. The van der Waals surface area contributed by atoms with Gasteiger partial charge in [-0.05, 0) is 89.1 Å². The van der Waals surface area contributed by atoms with Crippen molar-refractivity contribution >= 4 is 23.3 Å². The Labute approximate surface area is 285 Å². The van der Waals surface area contributed by atoms with Gasteiger partial charge in [0.1, 0.15) is 0 Å². The summed E-state index contributed by atoms with van der Waals surface area (Å²) >= 11 is 0. The number of rotatable bonds is 3. The first kappa shape index (κ1) is 35.4. The minimum Gasteiger partial charge on any atom is -0.0654 e. The van der Waals surface area contributed by atoms with Crippen molar-refractivity contribution in [3.05, 3.63) is 177 Å². The van der Waals surface area contributed by atoms with Crippen LogP contribution in [0.5, 0.6) is 0 Å². The molecule has 0 atom stereocenters. The monoisotopic (exact) mass is 618 g/mol. The Balaban J connectivity index is 0.000000154. The lowest BCUT2D eigenvalue weighted by Gasteiger charge is -2.18. The van der Waals surface area contributed by atoms with E-state index < -0.39 is 0 Å². The van der Waals surface area contributed by atoms with Gasteiger partial charge in [-0.2, -0.15) is 0 Å². The Morgan fingerprint density at radius 2 is 0.787 bits per heavy atom. The van der Waals surface area contributed by atoms with E-state index in [1.807, 2.05) is 0 Å². The number of allylic oxidation sites excluding steroid dienone is 2. The topological polar surface area (TPSA) is 0 Å². The Bertz CT molecular complexity index is 1650. The molecule has 0 nitrogen and oxygen atoms in total. The molecule has 0 unspecified atom stereocenters. The zero-order valence-electron chi connectivity index (χ0n) is 30.0. The fourth-order valence-electron chi connectivity index (χ4n) is 5.52. The molecule has 0 saturated heterocycles. The SMILES string of the molecule is CCCC.Cc1ccc(C(C)(C)C)cc1.Cc1ccc(C2=Cc3ccccc3C2)cc1.Cc1ccc(C2=Cc3ccccc3C2)cc1. The average molecular weight is 619 g/mol. The number of hydrogen-bond donors (Lipinski definition) is 0. The highest BCUT2D eigenvalue weighted by atomic mass is 14.2. The lowest BCUT2D eigenvalue weighted by atomic mass is 9.87. The molecule has 0 amide bonds. The fraction of sp³-hybridized carbons (Fsp3) is 0.277. The summed E-state index contributed by atoms with van der Waals surface area (Å²) in [6.45, 7) is 17.4. The summed E-state index contributed by atoms with van der Waals surface area (Å²) in [6.07, 6.45) is 9.39. The molecule has 5 aromatic rings. The summed E-state index contributed by atoms with van der Waals surface area (Å²) in [7, 11) is 0. The van der Waals surface area contributed by atoms with Crippen molar-refractivity contribution in [1.82, 2.24) is 0 Å². The second-order valence-corrected chi connectivity index (χ2v) is 13.9. The molecule has 5 aromatic carbocycles. The molecule has 242 valence electrons. The van der Waals surface area contributed by atoms with Crippen LogP contribution >= 0.6 is 0 Å². The smallest absolute Gasteiger partial charge is 0.00137 e. The minimum atomic E-state index is 0.285. The predicted octanol–water partition coefficient (Wildman–Crippen LogP) is 13.3. The van der Waals surface area contributed by atoms with Crippen LogP contribution in [0.1, 0.15) is 103 Å². The van der Waals surface area contributed by atoms with Crippen molar-refractivity contribution < 1.29 is 0 Å². The van der Waals surface area contributed by atoms with Gasteiger partial charge in [0.25, 0.3) is 0 Å². The Kier molecular flexibility index (Phi) is 12.8. The van der Waals surface area contributed by atoms with Crippen LogP contribution in [0, 0.1) is 20.8 Å². The molecule has 0 aliphatic heterocycles. The molecule has 47 heavy (non-hydrogen) atoms. The highest BCUT2D eigenvalue weighted by molar-refractivity contribution is 5.89. The molecule has 0 radical (unpaired) electrons. The van der Waals surface area contributed by atoms with E-state index >= 15 is 0 Å². The standard InChI is InChI=1S/2C16H14.C11H16.C4H10/c2*1-12-6-8-13(9-7-12)16-10-14-4-2-3-5-15(14)11-16;1-9-5-7-10(8-6-9)11(2,3)4;1-3-4-2/h2*2-10H,11H2,1H3;5-8H,1-4H3;3-4H2,1-2H3. The molecule has 2 aliphatic carbocycles. The molecule has 0 heteroatoms. The van der Waals surface area contributed by atoms with Crippen molar-refractivity contribution in [1.29, 1.82) is 0 Å². The van der Waals surface area contributed by atoms with Crippen molar-refractivity contribution in [2.75, 3.05) is 0 Å². The second kappa shape index (κ2) is 16.9. The largest absolute Gasteiger partial charge is 0.0654 e. The van der Waals surface area contributed by atoms with Crippen LogP contribution in [0.15, 0.2) is 121 Å². The number of benzene rings is 5. The highest BCUT2D eigenvalue weighted by Crippen LogP contribution is 2.32. The molecule has 2 aliphatic rings. The zero-order valence-corrected chi connectivity index (χ0v) is 30.0. The molecule has 7 rings (SSSR count). The van der Waals surface area contributed by atoms with Gasteiger partial charge in [-0.3, -0.25) is 0 Å². The van der Waals surface area contributed by atoms with Crippen LogP contribution in [0.3, 0.4) is 0 Å². The van der Waals surface area contributed by atoms with Crippen molar-refractivity contribution in [3.8, 4) is 0 Å². The zero-order chi connectivity index (χ0) is 33.8. The third kappa shape index (κ3) is 10.5. The molecular weight excluding hydrogens is 565 g/mol. The second-order valence-electron chi connectivity index (χ2n) is 13.9. The maximum atomic E-state index is 2.31. The number of fused-ring (bicyclic) bond motifs is 2. The summed E-state index contributed by atoms with van der Waals surface area (Å²) in [6, 6.07) is 43.6. The quantitative estimate of drug-likeness (QED) is 0.189. The van der Waals surface area contributed by atoms with Gasteiger partial charge < -0.3 is 0 Å². The van der Waals surface area contributed by atoms with E-state index in [0.29, 0.717) is 0 Å². The van der Waals surface area contributed by atoms with Crippen molar-refractivity contribution in [2.24, 2.45) is 0 Å². The van der Waals surface area contributed by atoms with Gasteiger partial charge >= 0.3 is 0 Å². The maximum Gasteiger partial charge on any atom is -0.00137 e. The molecule has 0 fully saturated rings. The third-order valence-corrected chi connectivity index (χ3v) is 8.79. The van der Waals surface area contributed by atoms with Gasteiger partial charge in [-0.1, -0.05) is 198 Å². The molecule has 0 aromatic heterocycles.